The van der Waals surface area contributed by atoms with E-state index in [1.807, 2.05) is 24.4 Å². The summed E-state index contributed by atoms with van der Waals surface area (Å²) in [5.74, 6) is -0.274. The maximum absolute atomic E-state index is 11.2. The second-order valence-electron chi connectivity index (χ2n) is 3.59. The summed E-state index contributed by atoms with van der Waals surface area (Å²) in [4.78, 5) is 12.4. The van der Waals surface area contributed by atoms with Crippen LogP contribution in [0.15, 0.2) is 17.5 Å². The number of carbonyl (C=O) groups excluding carboxylic acids is 1. The van der Waals surface area contributed by atoms with E-state index >= 15 is 0 Å². The third kappa shape index (κ3) is 1.67. The smallest absolute Gasteiger partial charge is 0.338 e. The number of epoxide rings is 1. The van der Waals surface area contributed by atoms with Crippen molar-refractivity contribution < 1.29 is 14.3 Å². The van der Waals surface area contributed by atoms with E-state index in [0.29, 0.717) is 0 Å². The minimum atomic E-state index is -0.380. The van der Waals surface area contributed by atoms with Crippen molar-refractivity contribution in [3.8, 4) is 0 Å². The van der Waals surface area contributed by atoms with Crippen molar-refractivity contribution in [2.75, 3.05) is 7.11 Å². The Bertz CT molecular complexity index is 333. The highest BCUT2D eigenvalue weighted by molar-refractivity contribution is 7.09. The SMILES string of the molecule is COC(=O)C1OC1(C)Cc1cccs1. The molecule has 0 radical (unpaired) electrons. The van der Waals surface area contributed by atoms with Gasteiger partial charge >= 0.3 is 5.97 Å². The molecule has 0 aliphatic carbocycles. The lowest BCUT2D eigenvalue weighted by Crippen LogP contribution is -2.20. The van der Waals surface area contributed by atoms with Gasteiger partial charge in [-0.2, -0.15) is 0 Å². The van der Waals surface area contributed by atoms with Gasteiger partial charge in [-0.25, -0.2) is 4.79 Å². The molecule has 0 amide bonds. The summed E-state index contributed by atoms with van der Waals surface area (Å²) in [6.45, 7) is 1.94. The number of hydrogen-bond acceptors (Lipinski definition) is 4. The molecule has 3 nitrogen and oxygen atoms in total. The summed E-state index contributed by atoms with van der Waals surface area (Å²) >= 11 is 1.68. The highest BCUT2D eigenvalue weighted by Gasteiger charge is 2.57. The van der Waals surface area contributed by atoms with Gasteiger partial charge < -0.3 is 9.47 Å². The van der Waals surface area contributed by atoms with Gasteiger partial charge in [0.1, 0.15) is 5.60 Å². The number of hydrogen-bond donors (Lipinski definition) is 0. The third-order valence-corrected chi connectivity index (χ3v) is 3.28. The zero-order valence-electron chi connectivity index (χ0n) is 8.15. The van der Waals surface area contributed by atoms with Crippen LogP contribution in [0.25, 0.3) is 0 Å². The van der Waals surface area contributed by atoms with Crippen LogP contribution in [0, 0.1) is 0 Å². The van der Waals surface area contributed by atoms with Gasteiger partial charge in [0.15, 0.2) is 6.10 Å². The average Bonchev–Trinajstić information content (AvgIpc) is 2.62. The Balaban J connectivity index is 1.98. The Labute approximate surface area is 86.6 Å². The Kier molecular flexibility index (Phi) is 2.33. The molecule has 1 aliphatic rings. The molecule has 14 heavy (non-hydrogen) atoms. The van der Waals surface area contributed by atoms with Crippen molar-refractivity contribution in [3.63, 3.8) is 0 Å². The lowest BCUT2D eigenvalue weighted by atomic mass is 10.0. The fourth-order valence-electron chi connectivity index (χ4n) is 1.53. The van der Waals surface area contributed by atoms with Gasteiger partial charge in [-0.15, -0.1) is 11.3 Å². The molecule has 1 aliphatic heterocycles. The summed E-state index contributed by atoms with van der Waals surface area (Å²) in [6, 6.07) is 4.05. The van der Waals surface area contributed by atoms with Crippen molar-refractivity contribution in [3.05, 3.63) is 22.4 Å². The van der Waals surface area contributed by atoms with Crippen LogP contribution in [-0.4, -0.2) is 24.8 Å². The molecule has 0 saturated carbocycles. The van der Waals surface area contributed by atoms with Crippen LogP contribution < -0.4 is 0 Å². The van der Waals surface area contributed by atoms with Crippen molar-refractivity contribution >= 4 is 17.3 Å². The molecule has 0 spiro atoms. The molecule has 76 valence electrons. The first-order chi connectivity index (χ1) is 6.65. The van der Waals surface area contributed by atoms with Crippen LogP contribution in [0.2, 0.25) is 0 Å². The summed E-state index contributed by atoms with van der Waals surface area (Å²) in [5.41, 5.74) is -0.349. The largest absolute Gasteiger partial charge is 0.467 e. The summed E-state index contributed by atoms with van der Waals surface area (Å²) in [6.07, 6.45) is 0.402. The number of methoxy groups -OCH3 is 1. The number of thiophene rings is 1. The predicted octanol–water partition coefficient (Wildman–Crippen LogP) is 1.62. The third-order valence-electron chi connectivity index (χ3n) is 2.41. The Morgan fingerprint density at radius 3 is 3.14 bits per heavy atom. The van der Waals surface area contributed by atoms with Crippen molar-refractivity contribution in [2.24, 2.45) is 0 Å². The molecule has 2 unspecified atom stereocenters. The van der Waals surface area contributed by atoms with Crippen LogP contribution in [0.5, 0.6) is 0 Å². The van der Waals surface area contributed by atoms with Crippen molar-refractivity contribution in [2.45, 2.75) is 25.0 Å². The van der Waals surface area contributed by atoms with Gasteiger partial charge in [0.05, 0.1) is 7.11 Å². The molecule has 0 aromatic carbocycles. The Morgan fingerprint density at radius 2 is 2.57 bits per heavy atom. The second kappa shape index (κ2) is 3.37. The van der Waals surface area contributed by atoms with Gasteiger partial charge in [0.25, 0.3) is 0 Å². The molecular weight excluding hydrogens is 200 g/mol. The Hall–Kier alpha value is -0.870. The first kappa shape index (κ1) is 9.68. The normalized spacial score (nSPS) is 30.0. The number of carbonyl (C=O) groups is 1. The van der Waals surface area contributed by atoms with E-state index in [0.717, 1.165) is 6.42 Å². The first-order valence-corrected chi connectivity index (χ1v) is 5.32. The zero-order chi connectivity index (χ0) is 10.2. The number of rotatable bonds is 3. The van der Waals surface area contributed by atoms with Crippen molar-refractivity contribution in [1.82, 2.24) is 0 Å². The highest BCUT2D eigenvalue weighted by Crippen LogP contribution is 2.40. The molecular formula is C10H12O3S. The second-order valence-corrected chi connectivity index (χ2v) is 4.62. The van der Waals surface area contributed by atoms with Crippen molar-refractivity contribution in [1.29, 1.82) is 0 Å². The standard InChI is InChI=1S/C10H12O3S/c1-10(6-7-4-3-5-14-7)8(13-10)9(11)12-2/h3-5,8H,6H2,1-2H3. The number of esters is 1. The summed E-state index contributed by atoms with van der Waals surface area (Å²) in [5, 5.41) is 2.02. The molecule has 2 rings (SSSR count). The highest BCUT2D eigenvalue weighted by atomic mass is 32.1. The molecule has 2 heterocycles. The van der Waals surface area contributed by atoms with E-state index in [1.54, 1.807) is 11.3 Å². The minimum absolute atomic E-state index is 0.274. The van der Waals surface area contributed by atoms with E-state index in [1.165, 1.54) is 12.0 Å². The molecule has 1 saturated heterocycles. The topological polar surface area (TPSA) is 38.8 Å². The fraction of sp³-hybridized carbons (Fsp3) is 0.500. The monoisotopic (exact) mass is 212 g/mol. The summed E-state index contributed by atoms with van der Waals surface area (Å²) < 4.78 is 9.99. The van der Waals surface area contributed by atoms with E-state index in [4.69, 9.17) is 4.74 Å². The van der Waals surface area contributed by atoms with Gasteiger partial charge in [0, 0.05) is 11.3 Å². The zero-order valence-corrected chi connectivity index (χ0v) is 8.97. The Morgan fingerprint density at radius 1 is 1.79 bits per heavy atom. The molecule has 0 bridgehead atoms. The van der Waals surface area contributed by atoms with Crippen LogP contribution in [0.4, 0.5) is 0 Å². The maximum Gasteiger partial charge on any atom is 0.338 e. The van der Waals surface area contributed by atoms with Gasteiger partial charge in [-0.1, -0.05) is 6.07 Å². The first-order valence-electron chi connectivity index (χ1n) is 4.44. The lowest BCUT2D eigenvalue weighted by Gasteiger charge is -2.02. The minimum Gasteiger partial charge on any atom is -0.467 e. The van der Waals surface area contributed by atoms with E-state index in [2.05, 4.69) is 4.74 Å². The van der Waals surface area contributed by atoms with Gasteiger partial charge in [-0.3, -0.25) is 0 Å². The maximum atomic E-state index is 11.2. The molecule has 1 fully saturated rings. The number of ether oxygens (including phenoxy) is 2. The van der Waals surface area contributed by atoms with Gasteiger partial charge in [0.2, 0.25) is 0 Å². The van der Waals surface area contributed by atoms with Crippen LogP contribution >= 0.6 is 11.3 Å². The lowest BCUT2D eigenvalue weighted by molar-refractivity contribution is -0.142. The van der Waals surface area contributed by atoms with E-state index in [9.17, 15) is 4.79 Å². The van der Waals surface area contributed by atoms with Crippen LogP contribution in [-0.2, 0) is 20.7 Å². The van der Waals surface area contributed by atoms with Gasteiger partial charge in [-0.05, 0) is 18.4 Å². The predicted molar refractivity (Wildman–Crippen MR) is 53.3 cm³/mol. The summed E-state index contributed by atoms with van der Waals surface area (Å²) in [7, 11) is 1.38. The van der Waals surface area contributed by atoms with E-state index in [-0.39, 0.29) is 17.7 Å². The van der Waals surface area contributed by atoms with Crippen LogP contribution in [0.3, 0.4) is 0 Å². The van der Waals surface area contributed by atoms with Crippen LogP contribution in [0.1, 0.15) is 11.8 Å². The molecule has 0 N–H and O–H groups in total. The molecule has 4 heteroatoms. The quantitative estimate of drug-likeness (QED) is 0.564. The average molecular weight is 212 g/mol. The molecule has 1 aromatic rings. The molecule has 2 atom stereocenters. The van der Waals surface area contributed by atoms with E-state index < -0.39 is 0 Å². The molecule has 1 aromatic heterocycles. The fourth-order valence-corrected chi connectivity index (χ4v) is 2.39.